The van der Waals surface area contributed by atoms with Crippen LogP contribution in [0.15, 0.2) is 0 Å². The van der Waals surface area contributed by atoms with Gasteiger partial charge in [0.15, 0.2) is 0 Å². The Balaban J connectivity index is 2.26. The van der Waals surface area contributed by atoms with Crippen molar-refractivity contribution in [2.24, 2.45) is 23.7 Å². The summed E-state index contributed by atoms with van der Waals surface area (Å²) in [4.78, 5) is 51.4. The molecular formula is C15H22N2O4. The van der Waals surface area contributed by atoms with E-state index in [0.29, 0.717) is 12.8 Å². The van der Waals surface area contributed by atoms with Crippen LogP contribution >= 0.6 is 0 Å². The van der Waals surface area contributed by atoms with E-state index in [1.165, 1.54) is 18.7 Å². The van der Waals surface area contributed by atoms with Gasteiger partial charge in [-0.15, -0.1) is 0 Å². The van der Waals surface area contributed by atoms with Crippen LogP contribution in [0.5, 0.6) is 0 Å². The minimum Gasteiger partial charge on any atom is -0.300 e. The van der Waals surface area contributed by atoms with Crippen molar-refractivity contribution in [1.82, 2.24) is 9.80 Å². The van der Waals surface area contributed by atoms with Gasteiger partial charge in [-0.1, -0.05) is 0 Å². The lowest BCUT2D eigenvalue weighted by Crippen LogP contribution is -2.39. The van der Waals surface area contributed by atoms with Gasteiger partial charge >= 0.3 is 0 Å². The van der Waals surface area contributed by atoms with Crippen LogP contribution in [-0.4, -0.2) is 53.9 Å². The van der Waals surface area contributed by atoms with Gasteiger partial charge in [0, 0.05) is 11.8 Å². The second-order valence-electron chi connectivity index (χ2n) is 6.44. The standard InChI is InChI=1S/C15H22N2O4/c1-8(18)10-5-12-13(6-11(10)9(2)19)15(21)17(14(12)20)7-16(3)4/h10-13H,5-7H2,1-4H3. The third-order valence-electron chi connectivity index (χ3n) is 4.62. The summed E-state index contributed by atoms with van der Waals surface area (Å²) < 4.78 is 0. The van der Waals surface area contributed by atoms with Gasteiger partial charge in [0.1, 0.15) is 11.6 Å². The molecule has 2 aliphatic rings. The summed E-state index contributed by atoms with van der Waals surface area (Å²) in [5.74, 6) is -2.29. The smallest absolute Gasteiger partial charge is 0.234 e. The van der Waals surface area contributed by atoms with E-state index in [0.717, 1.165) is 0 Å². The molecule has 1 aliphatic heterocycles. The van der Waals surface area contributed by atoms with Crippen LogP contribution in [0.2, 0.25) is 0 Å². The molecule has 0 aromatic rings. The van der Waals surface area contributed by atoms with E-state index in [4.69, 9.17) is 0 Å². The lowest BCUT2D eigenvalue weighted by Gasteiger charge is -2.33. The summed E-state index contributed by atoms with van der Waals surface area (Å²) in [5, 5.41) is 0. The number of fused-ring (bicyclic) bond motifs is 1. The van der Waals surface area contributed by atoms with Crippen LogP contribution in [0.25, 0.3) is 0 Å². The number of carbonyl (C=O) groups excluding carboxylic acids is 4. The number of imide groups is 1. The maximum Gasteiger partial charge on any atom is 0.234 e. The van der Waals surface area contributed by atoms with E-state index in [-0.39, 0.29) is 30.0 Å². The Morgan fingerprint density at radius 3 is 1.67 bits per heavy atom. The molecule has 1 heterocycles. The van der Waals surface area contributed by atoms with Crippen molar-refractivity contribution in [2.45, 2.75) is 26.7 Å². The molecule has 4 atom stereocenters. The van der Waals surface area contributed by atoms with Gasteiger partial charge in [-0.3, -0.25) is 29.0 Å². The maximum atomic E-state index is 12.4. The topological polar surface area (TPSA) is 74.8 Å². The Morgan fingerprint density at radius 2 is 1.38 bits per heavy atom. The van der Waals surface area contributed by atoms with Gasteiger partial charge in [-0.2, -0.15) is 0 Å². The Morgan fingerprint density at radius 1 is 1.00 bits per heavy atom. The highest BCUT2D eigenvalue weighted by Gasteiger charge is 2.54. The van der Waals surface area contributed by atoms with Crippen molar-refractivity contribution in [2.75, 3.05) is 20.8 Å². The van der Waals surface area contributed by atoms with Gasteiger partial charge in [-0.05, 0) is 40.8 Å². The van der Waals surface area contributed by atoms with Crippen molar-refractivity contribution < 1.29 is 19.2 Å². The number of amides is 2. The molecule has 2 rings (SSSR count). The zero-order chi connectivity index (χ0) is 15.9. The highest BCUT2D eigenvalue weighted by atomic mass is 16.2. The number of hydrogen-bond donors (Lipinski definition) is 0. The number of hydrogen-bond acceptors (Lipinski definition) is 5. The van der Waals surface area contributed by atoms with Gasteiger partial charge in [0.25, 0.3) is 0 Å². The van der Waals surface area contributed by atoms with Crippen molar-refractivity contribution in [3.8, 4) is 0 Å². The Labute approximate surface area is 124 Å². The molecule has 1 saturated carbocycles. The van der Waals surface area contributed by atoms with Gasteiger partial charge in [0.2, 0.25) is 11.8 Å². The Hall–Kier alpha value is -1.56. The summed E-state index contributed by atoms with van der Waals surface area (Å²) in [7, 11) is 3.58. The van der Waals surface area contributed by atoms with E-state index < -0.39 is 23.7 Å². The molecule has 4 unspecified atom stereocenters. The number of carbonyl (C=O) groups is 4. The molecule has 1 aliphatic carbocycles. The second kappa shape index (κ2) is 5.67. The lowest BCUT2D eigenvalue weighted by molar-refractivity contribution is -0.141. The molecule has 6 nitrogen and oxygen atoms in total. The van der Waals surface area contributed by atoms with E-state index in [1.54, 1.807) is 19.0 Å². The molecule has 2 fully saturated rings. The third kappa shape index (κ3) is 2.77. The highest BCUT2D eigenvalue weighted by molar-refractivity contribution is 6.06. The van der Waals surface area contributed by atoms with Crippen LogP contribution in [-0.2, 0) is 19.2 Å². The Bertz CT molecular complexity index is 460. The second-order valence-corrected chi connectivity index (χ2v) is 6.44. The largest absolute Gasteiger partial charge is 0.300 e. The fourth-order valence-electron chi connectivity index (χ4n) is 3.58. The van der Waals surface area contributed by atoms with Crippen LogP contribution in [0, 0.1) is 23.7 Å². The molecule has 0 spiro atoms. The normalized spacial score (nSPS) is 32.5. The van der Waals surface area contributed by atoms with E-state index >= 15 is 0 Å². The molecule has 1 saturated heterocycles. The minimum absolute atomic E-state index is 0.0695. The van der Waals surface area contributed by atoms with Crippen molar-refractivity contribution in [3.05, 3.63) is 0 Å². The van der Waals surface area contributed by atoms with Crippen LogP contribution in [0.4, 0.5) is 0 Å². The van der Waals surface area contributed by atoms with Gasteiger partial charge in [0.05, 0.1) is 18.5 Å². The molecule has 0 aromatic heterocycles. The SMILES string of the molecule is CC(=O)C1CC2C(=O)N(CN(C)C)C(=O)C2CC1C(C)=O. The van der Waals surface area contributed by atoms with Crippen LogP contribution < -0.4 is 0 Å². The first kappa shape index (κ1) is 15.8. The summed E-state index contributed by atoms with van der Waals surface area (Å²) in [6.45, 7) is 3.17. The third-order valence-corrected chi connectivity index (χ3v) is 4.62. The summed E-state index contributed by atoms with van der Waals surface area (Å²) in [6.07, 6.45) is 0.636. The number of ketones is 2. The highest BCUT2D eigenvalue weighted by Crippen LogP contribution is 2.44. The molecule has 0 aromatic carbocycles. The Kier molecular flexibility index (Phi) is 4.27. The molecule has 21 heavy (non-hydrogen) atoms. The fraction of sp³-hybridized carbons (Fsp3) is 0.733. The quantitative estimate of drug-likeness (QED) is 0.698. The first-order chi connectivity index (χ1) is 9.73. The van der Waals surface area contributed by atoms with Gasteiger partial charge < -0.3 is 0 Å². The summed E-state index contributed by atoms with van der Waals surface area (Å²) >= 11 is 0. The molecule has 0 radical (unpaired) electrons. The molecular weight excluding hydrogens is 272 g/mol. The van der Waals surface area contributed by atoms with Crippen molar-refractivity contribution in [1.29, 1.82) is 0 Å². The van der Waals surface area contributed by atoms with Crippen molar-refractivity contribution in [3.63, 3.8) is 0 Å². The fourth-order valence-corrected chi connectivity index (χ4v) is 3.58. The van der Waals surface area contributed by atoms with Crippen molar-refractivity contribution >= 4 is 23.4 Å². The van der Waals surface area contributed by atoms with Crippen LogP contribution in [0.1, 0.15) is 26.7 Å². The minimum atomic E-state index is -0.443. The van der Waals surface area contributed by atoms with Crippen LogP contribution in [0.3, 0.4) is 0 Å². The molecule has 0 N–H and O–H groups in total. The lowest BCUT2D eigenvalue weighted by atomic mass is 9.67. The predicted molar refractivity (Wildman–Crippen MR) is 75.0 cm³/mol. The maximum absolute atomic E-state index is 12.4. The molecule has 0 bridgehead atoms. The number of rotatable bonds is 4. The monoisotopic (exact) mass is 294 g/mol. The van der Waals surface area contributed by atoms with Gasteiger partial charge in [-0.25, -0.2) is 0 Å². The van der Waals surface area contributed by atoms with E-state index in [1.807, 2.05) is 0 Å². The molecule has 2 amide bonds. The summed E-state index contributed by atoms with van der Waals surface area (Å²) in [6, 6.07) is 0. The summed E-state index contributed by atoms with van der Waals surface area (Å²) in [5.41, 5.74) is 0. The number of Topliss-reactive ketones (excluding diaryl/α,β-unsaturated/α-hetero) is 2. The van der Waals surface area contributed by atoms with E-state index in [9.17, 15) is 19.2 Å². The first-order valence-electron chi connectivity index (χ1n) is 7.24. The molecule has 6 heteroatoms. The van der Waals surface area contributed by atoms with E-state index in [2.05, 4.69) is 0 Å². The average Bonchev–Trinajstić information content (AvgIpc) is 2.61. The number of likely N-dealkylation sites (tertiary alicyclic amines) is 1. The average molecular weight is 294 g/mol. The zero-order valence-electron chi connectivity index (χ0n) is 13.0. The molecule has 116 valence electrons. The zero-order valence-corrected chi connectivity index (χ0v) is 13.0. The first-order valence-corrected chi connectivity index (χ1v) is 7.24. The predicted octanol–water partition coefficient (Wildman–Crippen LogP) is 0.311. The number of nitrogens with zero attached hydrogens (tertiary/aromatic N) is 2.